The van der Waals surface area contributed by atoms with E-state index in [1.165, 1.54) is 21.1 Å². The van der Waals surface area contributed by atoms with E-state index >= 15 is 0 Å². The summed E-state index contributed by atoms with van der Waals surface area (Å²) in [7, 11) is 2.59. The molecule has 0 aromatic heterocycles. The molecule has 0 amide bonds. The van der Waals surface area contributed by atoms with Crippen LogP contribution in [-0.4, -0.2) is 120 Å². The van der Waals surface area contributed by atoms with Crippen LogP contribution < -0.4 is 0 Å². The van der Waals surface area contributed by atoms with Crippen LogP contribution in [0.2, 0.25) is 0 Å². The van der Waals surface area contributed by atoms with Crippen LogP contribution in [0, 0.1) is 0 Å². The number of carbonyl (C=O) groups excluding carboxylic acids is 2. The van der Waals surface area contributed by atoms with E-state index in [0.29, 0.717) is 19.6 Å². The fourth-order valence-electron chi connectivity index (χ4n) is 4.50. The first-order valence-electron chi connectivity index (χ1n) is 15.4. The molecule has 0 aromatic carbocycles. The van der Waals surface area contributed by atoms with Crippen LogP contribution in [-0.2, 0) is 52.2 Å². The Morgan fingerprint density at radius 2 is 1.64 bits per heavy atom. The van der Waals surface area contributed by atoms with Gasteiger partial charge in [-0.3, -0.25) is 4.79 Å². The van der Waals surface area contributed by atoms with E-state index in [9.17, 15) is 20.2 Å². The lowest BCUT2D eigenvalue weighted by Crippen LogP contribution is -2.61. The lowest BCUT2D eigenvalue weighted by molar-refractivity contribution is -0.314. The highest BCUT2D eigenvalue weighted by Gasteiger charge is 2.49. The van der Waals surface area contributed by atoms with Gasteiger partial charge in [-0.2, -0.15) is 0 Å². The van der Waals surface area contributed by atoms with Crippen molar-refractivity contribution in [1.29, 1.82) is 0 Å². The number of ether oxygens (including phenoxy) is 9. The van der Waals surface area contributed by atoms with E-state index in [1.807, 2.05) is 20.8 Å². The van der Waals surface area contributed by atoms with Crippen molar-refractivity contribution >= 4 is 11.9 Å². The van der Waals surface area contributed by atoms with Gasteiger partial charge in [0, 0.05) is 38.8 Å². The molecule has 15 nitrogen and oxygen atoms in total. The summed E-state index contributed by atoms with van der Waals surface area (Å²) in [4.78, 5) is 27.7. The van der Waals surface area contributed by atoms with E-state index in [2.05, 4.69) is 10.0 Å². The van der Waals surface area contributed by atoms with E-state index in [-0.39, 0.29) is 13.2 Å². The third-order valence-corrected chi connectivity index (χ3v) is 6.93. The summed E-state index contributed by atoms with van der Waals surface area (Å²) in [6.07, 6.45) is -3.48. The summed E-state index contributed by atoms with van der Waals surface area (Å²) in [5, 5.41) is 14.2. The number of hydrogen-bond acceptors (Lipinski definition) is 13. The summed E-state index contributed by atoms with van der Waals surface area (Å²) in [6.45, 7) is 9.17. The SMILES string of the molecule is CCCCOC1[C@H](OC(CO)OC(C(=O)OC)[C@@H](OCCCC)[C@H](C)OCCCC)C(COC(C)=O)O[C@@H](OC)[C@H]1N=[N+]=[N-]. The Labute approximate surface area is 260 Å². The number of rotatable bonds is 24. The van der Waals surface area contributed by atoms with Crippen LogP contribution in [0.1, 0.15) is 73.1 Å². The number of aliphatic hydroxyl groups is 1. The van der Waals surface area contributed by atoms with Crippen LogP contribution in [0.3, 0.4) is 0 Å². The Kier molecular flexibility index (Phi) is 21.2. The quantitative estimate of drug-likeness (QED) is 0.0407. The predicted molar refractivity (Wildman–Crippen MR) is 157 cm³/mol. The van der Waals surface area contributed by atoms with Gasteiger partial charge in [0.2, 0.25) is 0 Å². The number of methoxy groups -OCH3 is 2. The van der Waals surface area contributed by atoms with Gasteiger partial charge in [-0.25, -0.2) is 4.79 Å². The average molecular weight is 636 g/mol. The number of esters is 2. The molecule has 1 heterocycles. The molecule has 1 rings (SSSR count). The maximum atomic E-state index is 13.1. The van der Waals surface area contributed by atoms with Crippen LogP contribution >= 0.6 is 0 Å². The Bertz CT molecular complexity index is 846. The number of carbonyl (C=O) groups is 2. The van der Waals surface area contributed by atoms with E-state index in [0.717, 1.165) is 32.1 Å². The monoisotopic (exact) mass is 635 g/mol. The van der Waals surface area contributed by atoms with Gasteiger partial charge < -0.3 is 47.7 Å². The molecule has 1 fully saturated rings. The second-order valence-corrected chi connectivity index (χ2v) is 10.4. The molecular weight excluding hydrogens is 582 g/mol. The fraction of sp³-hybridized carbons (Fsp3) is 0.931. The molecule has 256 valence electrons. The lowest BCUT2D eigenvalue weighted by atomic mass is 9.96. The van der Waals surface area contributed by atoms with Crippen molar-refractivity contribution in [2.24, 2.45) is 5.11 Å². The average Bonchev–Trinajstić information content (AvgIpc) is 3.01. The van der Waals surface area contributed by atoms with E-state index in [4.69, 9.17) is 42.6 Å². The zero-order valence-electron chi connectivity index (χ0n) is 27.3. The van der Waals surface area contributed by atoms with Gasteiger partial charge in [0.25, 0.3) is 0 Å². The van der Waals surface area contributed by atoms with E-state index in [1.54, 1.807) is 6.92 Å². The van der Waals surface area contributed by atoms with Crippen molar-refractivity contribution in [3.8, 4) is 0 Å². The molecule has 9 atom stereocenters. The first-order valence-corrected chi connectivity index (χ1v) is 15.4. The highest BCUT2D eigenvalue weighted by molar-refractivity contribution is 5.75. The normalized spacial score (nSPS) is 24.5. The second-order valence-electron chi connectivity index (χ2n) is 10.4. The van der Waals surface area contributed by atoms with Crippen molar-refractivity contribution in [3.63, 3.8) is 0 Å². The minimum atomic E-state index is -1.43. The lowest BCUT2D eigenvalue weighted by Gasteiger charge is -2.45. The van der Waals surface area contributed by atoms with Gasteiger partial charge in [-0.05, 0) is 31.7 Å². The smallest absolute Gasteiger partial charge is 0.337 e. The largest absolute Gasteiger partial charge is 0.467 e. The minimum absolute atomic E-state index is 0.264. The van der Waals surface area contributed by atoms with Gasteiger partial charge in [-0.1, -0.05) is 45.1 Å². The molecule has 1 N–H and O–H groups in total. The topological polar surface area (TPSA) is 186 Å². The van der Waals surface area contributed by atoms with Crippen LogP contribution in [0.15, 0.2) is 5.11 Å². The summed E-state index contributed by atoms with van der Waals surface area (Å²) in [5.74, 6) is -1.32. The molecular formula is C29H53N3O12. The maximum absolute atomic E-state index is 13.1. The third kappa shape index (κ3) is 13.5. The second kappa shape index (κ2) is 23.3. The zero-order chi connectivity index (χ0) is 32.9. The summed E-state index contributed by atoms with van der Waals surface area (Å²) in [6, 6.07) is -1.01. The first-order chi connectivity index (χ1) is 21.2. The number of nitrogens with zero attached hydrogens (tertiary/aromatic N) is 3. The zero-order valence-corrected chi connectivity index (χ0v) is 27.3. The van der Waals surface area contributed by atoms with Crippen LogP contribution in [0.25, 0.3) is 10.4 Å². The molecule has 0 spiro atoms. The minimum Gasteiger partial charge on any atom is -0.467 e. The van der Waals surface area contributed by atoms with Crippen molar-refractivity contribution in [3.05, 3.63) is 10.4 Å². The first kappa shape index (κ1) is 40.0. The predicted octanol–water partition coefficient (Wildman–Crippen LogP) is 3.44. The molecule has 44 heavy (non-hydrogen) atoms. The number of hydrogen-bond donors (Lipinski definition) is 1. The van der Waals surface area contributed by atoms with Crippen molar-refractivity contribution in [2.45, 2.75) is 128 Å². The molecule has 0 aliphatic carbocycles. The standard InChI is InChI=1S/C29H53N3O12/c1-8-11-14-38-19(4)24(39-15-12-9-2)27(28(35)36-6)44-22(17-33)43-25-21(18-41-20(5)34)42-29(37-7)23(31-32-30)26(25)40-16-13-10-3/h19,21-27,29,33H,8-18H2,1-7H3/t19-,21?,22?,23-,24-,25+,26?,27?,29+/m0/s1. The Morgan fingerprint density at radius 3 is 2.18 bits per heavy atom. The molecule has 0 radical (unpaired) electrons. The van der Waals surface area contributed by atoms with Crippen LogP contribution in [0.4, 0.5) is 0 Å². The summed E-state index contributed by atoms with van der Waals surface area (Å²) >= 11 is 0. The molecule has 4 unspecified atom stereocenters. The highest BCUT2D eigenvalue weighted by Crippen LogP contribution is 2.31. The van der Waals surface area contributed by atoms with Crippen molar-refractivity contribution < 1.29 is 57.3 Å². The number of aliphatic hydroxyl groups excluding tert-OH is 1. The van der Waals surface area contributed by atoms with Crippen LogP contribution in [0.5, 0.6) is 0 Å². The number of azide groups is 1. The molecule has 0 aromatic rings. The fourth-order valence-corrected chi connectivity index (χ4v) is 4.50. The molecule has 1 aliphatic rings. The Hall–Kier alpha value is -2.07. The molecule has 0 bridgehead atoms. The Balaban J connectivity index is 3.44. The summed E-state index contributed by atoms with van der Waals surface area (Å²) < 4.78 is 52.1. The van der Waals surface area contributed by atoms with Gasteiger partial charge in [-0.15, -0.1) is 0 Å². The molecule has 0 saturated carbocycles. The number of unbranched alkanes of at least 4 members (excludes halogenated alkanes) is 3. The maximum Gasteiger partial charge on any atom is 0.337 e. The Morgan fingerprint density at radius 1 is 1.00 bits per heavy atom. The van der Waals surface area contributed by atoms with E-state index < -0.39 is 73.8 Å². The van der Waals surface area contributed by atoms with Gasteiger partial charge in [0.05, 0.1) is 25.9 Å². The van der Waals surface area contributed by atoms with Crippen molar-refractivity contribution in [2.75, 3.05) is 47.3 Å². The molecule has 1 saturated heterocycles. The third-order valence-electron chi connectivity index (χ3n) is 6.93. The molecule has 15 heteroatoms. The molecule has 1 aliphatic heterocycles. The van der Waals surface area contributed by atoms with Gasteiger partial charge in [0.1, 0.15) is 31.0 Å². The van der Waals surface area contributed by atoms with Gasteiger partial charge in [0.15, 0.2) is 18.7 Å². The highest BCUT2D eigenvalue weighted by atomic mass is 16.7. The van der Waals surface area contributed by atoms with Crippen molar-refractivity contribution in [1.82, 2.24) is 0 Å². The van der Waals surface area contributed by atoms with Gasteiger partial charge >= 0.3 is 11.9 Å². The summed E-state index contributed by atoms with van der Waals surface area (Å²) in [5.41, 5.74) is 9.30.